The van der Waals surface area contributed by atoms with Gasteiger partial charge >= 0.3 is 17.9 Å². The first-order valence-electron chi connectivity index (χ1n) is 35.1. The molecule has 0 aromatic carbocycles. The lowest BCUT2D eigenvalue weighted by molar-refractivity contribution is -0.167. The summed E-state index contributed by atoms with van der Waals surface area (Å²) in [5.41, 5.74) is 0. The predicted octanol–water partition coefficient (Wildman–Crippen LogP) is 24.2. The van der Waals surface area contributed by atoms with Gasteiger partial charge < -0.3 is 14.2 Å². The molecule has 81 heavy (non-hydrogen) atoms. The van der Waals surface area contributed by atoms with Crippen molar-refractivity contribution in [3.8, 4) is 0 Å². The minimum atomic E-state index is -0.777. The van der Waals surface area contributed by atoms with E-state index in [1.807, 2.05) is 0 Å². The fourth-order valence-electron chi connectivity index (χ4n) is 10.2. The Hall–Kier alpha value is -3.41. The molecule has 0 aliphatic carbocycles. The van der Waals surface area contributed by atoms with Crippen molar-refractivity contribution in [1.29, 1.82) is 0 Å². The Morgan fingerprint density at radius 1 is 0.259 bits per heavy atom. The largest absolute Gasteiger partial charge is 0.462 e. The lowest BCUT2D eigenvalue weighted by Crippen LogP contribution is -2.30. The molecule has 0 rings (SSSR count). The van der Waals surface area contributed by atoms with E-state index in [0.29, 0.717) is 19.3 Å². The Morgan fingerprint density at radius 2 is 0.481 bits per heavy atom. The van der Waals surface area contributed by atoms with Crippen molar-refractivity contribution >= 4 is 17.9 Å². The fraction of sp³-hybridized carbons (Fsp3) is 0.773. The monoisotopic (exact) mass is 1130 g/mol. The fourth-order valence-corrected chi connectivity index (χ4v) is 10.2. The zero-order valence-electron chi connectivity index (χ0n) is 53.8. The summed E-state index contributed by atoms with van der Waals surface area (Å²) in [5, 5.41) is 0. The molecule has 0 spiro atoms. The summed E-state index contributed by atoms with van der Waals surface area (Å²) < 4.78 is 17.0. The summed E-state index contributed by atoms with van der Waals surface area (Å²) in [5.74, 6) is -0.863. The molecule has 0 amide bonds. The Kier molecular flexibility index (Phi) is 66.2. The summed E-state index contributed by atoms with van der Waals surface area (Å²) in [6.45, 7) is 6.56. The molecular formula is C75H132O6. The molecule has 0 aliphatic heterocycles. The van der Waals surface area contributed by atoms with Gasteiger partial charge in [0.15, 0.2) is 6.10 Å². The van der Waals surface area contributed by atoms with Crippen LogP contribution >= 0.6 is 0 Å². The average Bonchev–Trinajstić information content (AvgIpc) is 3.47. The summed E-state index contributed by atoms with van der Waals surface area (Å²) in [4.78, 5) is 38.4. The number of esters is 3. The molecule has 0 aromatic heterocycles. The zero-order valence-corrected chi connectivity index (χ0v) is 53.8. The number of hydrogen-bond donors (Lipinski definition) is 0. The molecule has 0 heterocycles. The van der Waals surface area contributed by atoms with Crippen molar-refractivity contribution in [2.45, 2.75) is 361 Å². The molecule has 1 atom stereocenters. The topological polar surface area (TPSA) is 78.9 Å². The maximum Gasteiger partial charge on any atom is 0.306 e. The molecular weight excluding hydrogens is 997 g/mol. The first kappa shape index (κ1) is 77.6. The van der Waals surface area contributed by atoms with Crippen molar-refractivity contribution in [2.24, 2.45) is 0 Å². The van der Waals surface area contributed by atoms with E-state index in [0.717, 1.165) is 103 Å². The summed E-state index contributed by atoms with van der Waals surface area (Å²) in [6, 6.07) is 0. The van der Waals surface area contributed by atoms with Gasteiger partial charge in [-0.3, -0.25) is 14.4 Å². The molecule has 0 N–H and O–H groups in total. The molecule has 1 unspecified atom stereocenters. The third-order valence-electron chi connectivity index (χ3n) is 15.4. The molecule has 0 saturated heterocycles. The van der Waals surface area contributed by atoms with E-state index in [2.05, 4.69) is 106 Å². The Labute approximate surface area is 503 Å². The van der Waals surface area contributed by atoms with Crippen LogP contribution in [0.5, 0.6) is 0 Å². The van der Waals surface area contributed by atoms with Crippen LogP contribution in [0.15, 0.2) is 85.1 Å². The Morgan fingerprint density at radius 3 is 0.765 bits per heavy atom. The summed E-state index contributed by atoms with van der Waals surface area (Å²) in [7, 11) is 0. The normalized spacial score (nSPS) is 12.6. The second kappa shape index (κ2) is 69.1. The molecule has 0 radical (unpaired) electrons. The minimum Gasteiger partial charge on any atom is -0.462 e. The van der Waals surface area contributed by atoms with Crippen molar-refractivity contribution in [2.75, 3.05) is 13.2 Å². The van der Waals surface area contributed by atoms with Gasteiger partial charge in [0.2, 0.25) is 0 Å². The molecule has 0 aliphatic rings. The minimum absolute atomic E-state index is 0.0742. The highest BCUT2D eigenvalue weighted by Crippen LogP contribution is 2.18. The summed E-state index contributed by atoms with van der Waals surface area (Å²) in [6.07, 6.45) is 91.8. The van der Waals surface area contributed by atoms with Crippen LogP contribution < -0.4 is 0 Å². The van der Waals surface area contributed by atoms with Crippen LogP contribution in [0.25, 0.3) is 0 Å². The van der Waals surface area contributed by atoms with Crippen LogP contribution in [-0.2, 0) is 28.6 Å². The van der Waals surface area contributed by atoms with Gasteiger partial charge in [0.05, 0.1) is 0 Å². The molecule has 6 heteroatoms. The van der Waals surface area contributed by atoms with Gasteiger partial charge in [-0.05, 0) is 96.3 Å². The standard InChI is InChI=1S/C75H132O6/c1-4-7-10-13-16-19-22-25-28-30-31-32-33-34-35-36-37-38-39-40-41-42-43-44-45-46-48-50-53-56-59-62-65-68-74(77)80-71-72(70-79-73(76)67-64-61-58-55-52-49-27-24-21-18-15-12-9-6-3)81-75(78)69-66-63-60-57-54-51-47-29-26-23-20-17-14-11-8-5-2/h7,10,16,19,24-25,27-28,31-32,34-35,37-38,72H,4-6,8-9,11-15,17-18,20-23,26,29-30,33,36,39-71H2,1-3H3/b10-7-,19-16-,27-24-,28-25-,32-31-,35-34-,38-37-. The van der Waals surface area contributed by atoms with E-state index >= 15 is 0 Å². The maximum atomic E-state index is 12.9. The molecule has 0 saturated carbocycles. The lowest BCUT2D eigenvalue weighted by atomic mass is 10.0. The number of unbranched alkanes of at least 4 members (excludes halogenated alkanes) is 39. The predicted molar refractivity (Wildman–Crippen MR) is 353 cm³/mol. The molecule has 0 fully saturated rings. The van der Waals surface area contributed by atoms with Crippen molar-refractivity contribution in [3.05, 3.63) is 85.1 Å². The van der Waals surface area contributed by atoms with Crippen LogP contribution in [0, 0.1) is 0 Å². The van der Waals surface area contributed by atoms with E-state index in [1.54, 1.807) is 0 Å². The van der Waals surface area contributed by atoms with Gasteiger partial charge in [0, 0.05) is 19.3 Å². The third kappa shape index (κ3) is 67.3. The third-order valence-corrected chi connectivity index (χ3v) is 15.4. The van der Waals surface area contributed by atoms with Crippen LogP contribution in [-0.4, -0.2) is 37.2 Å². The lowest BCUT2D eigenvalue weighted by Gasteiger charge is -2.18. The van der Waals surface area contributed by atoms with Crippen LogP contribution in [0.2, 0.25) is 0 Å². The molecule has 468 valence electrons. The van der Waals surface area contributed by atoms with Crippen LogP contribution in [0.1, 0.15) is 355 Å². The van der Waals surface area contributed by atoms with Gasteiger partial charge in [0.1, 0.15) is 13.2 Å². The van der Waals surface area contributed by atoms with E-state index in [9.17, 15) is 14.4 Å². The van der Waals surface area contributed by atoms with Crippen molar-refractivity contribution in [1.82, 2.24) is 0 Å². The zero-order chi connectivity index (χ0) is 58.5. The molecule has 0 aromatic rings. The first-order valence-corrected chi connectivity index (χ1v) is 35.1. The van der Waals surface area contributed by atoms with Gasteiger partial charge in [-0.1, -0.05) is 324 Å². The van der Waals surface area contributed by atoms with E-state index in [-0.39, 0.29) is 31.1 Å². The molecule has 0 bridgehead atoms. The van der Waals surface area contributed by atoms with Gasteiger partial charge in [-0.15, -0.1) is 0 Å². The number of rotatable bonds is 64. The highest BCUT2D eigenvalue weighted by atomic mass is 16.6. The Balaban J connectivity index is 4.19. The number of ether oxygens (including phenoxy) is 3. The highest BCUT2D eigenvalue weighted by Gasteiger charge is 2.19. The van der Waals surface area contributed by atoms with Gasteiger partial charge in [-0.25, -0.2) is 0 Å². The highest BCUT2D eigenvalue weighted by molar-refractivity contribution is 5.71. The first-order chi connectivity index (χ1) is 40.0. The number of carbonyl (C=O) groups excluding carboxylic acids is 3. The van der Waals surface area contributed by atoms with E-state index in [1.165, 1.54) is 212 Å². The second-order valence-electron chi connectivity index (χ2n) is 23.4. The SMILES string of the molecule is CC/C=C\C/C=C\C/C=C\C/C=C\C/C=C\C/C=C\CCCCCCCCCCCCCCCCC(=O)OCC(COC(=O)CCCCCCC/C=C\CCCCCCC)OC(=O)CCCCCCCCCCCCCCCCCC. The molecule has 6 nitrogen and oxygen atoms in total. The van der Waals surface area contributed by atoms with E-state index in [4.69, 9.17) is 14.2 Å². The second-order valence-corrected chi connectivity index (χ2v) is 23.4. The van der Waals surface area contributed by atoms with Crippen molar-refractivity contribution < 1.29 is 28.6 Å². The van der Waals surface area contributed by atoms with Crippen molar-refractivity contribution in [3.63, 3.8) is 0 Å². The number of allylic oxidation sites excluding steroid dienone is 14. The van der Waals surface area contributed by atoms with E-state index < -0.39 is 6.10 Å². The van der Waals surface area contributed by atoms with Gasteiger partial charge in [-0.2, -0.15) is 0 Å². The van der Waals surface area contributed by atoms with Gasteiger partial charge in [0.25, 0.3) is 0 Å². The van der Waals surface area contributed by atoms with Crippen LogP contribution in [0.4, 0.5) is 0 Å². The smallest absolute Gasteiger partial charge is 0.306 e. The summed E-state index contributed by atoms with van der Waals surface area (Å²) >= 11 is 0. The average molecular weight is 1130 g/mol. The number of carbonyl (C=O) groups is 3. The number of hydrogen-bond acceptors (Lipinski definition) is 6. The maximum absolute atomic E-state index is 12.9. The van der Waals surface area contributed by atoms with Crippen LogP contribution in [0.3, 0.4) is 0 Å². The quantitative estimate of drug-likeness (QED) is 0.0261. The Bertz CT molecular complexity index is 1530.